The second kappa shape index (κ2) is 8.84. The molecule has 1 unspecified atom stereocenters. The van der Waals surface area contributed by atoms with E-state index >= 15 is 0 Å². The number of carbonyl (C=O) groups is 2. The largest absolute Gasteiger partial charge is 0.378 e. The molecule has 2 amide bonds. The summed E-state index contributed by atoms with van der Waals surface area (Å²) < 4.78 is 0. The summed E-state index contributed by atoms with van der Waals surface area (Å²) in [7, 11) is 3.95. The molecule has 0 saturated carbocycles. The number of likely N-dealkylation sites (tertiary alicyclic amines) is 1. The first-order valence-corrected chi connectivity index (χ1v) is 9.92. The van der Waals surface area contributed by atoms with Crippen LogP contribution >= 0.6 is 23.2 Å². The van der Waals surface area contributed by atoms with Gasteiger partial charge in [-0.1, -0.05) is 35.3 Å². The summed E-state index contributed by atoms with van der Waals surface area (Å²) >= 11 is 12.0. The van der Waals surface area contributed by atoms with Gasteiger partial charge in [-0.3, -0.25) is 9.59 Å². The van der Waals surface area contributed by atoms with E-state index in [9.17, 15) is 9.59 Å². The first-order chi connectivity index (χ1) is 13.3. The predicted molar refractivity (Wildman–Crippen MR) is 113 cm³/mol. The summed E-state index contributed by atoms with van der Waals surface area (Å²) in [5, 5.41) is 3.76. The Bertz CT molecular complexity index is 865. The molecule has 0 radical (unpaired) electrons. The van der Waals surface area contributed by atoms with Crippen molar-refractivity contribution in [2.24, 2.45) is 0 Å². The number of rotatable bonds is 5. The van der Waals surface area contributed by atoms with Crippen LogP contribution in [0.4, 0.5) is 5.69 Å². The maximum atomic E-state index is 12.9. The zero-order valence-electron chi connectivity index (χ0n) is 15.9. The van der Waals surface area contributed by atoms with Gasteiger partial charge in [0, 0.05) is 48.5 Å². The highest BCUT2D eigenvalue weighted by atomic mass is 35.5. The van der Waals surface area contributed by atoms with Gasteiger partial charge >= 0.3 is 0 Å². The number of nitrogens with one attached hydrogen (secondary N) is 1. The molecule has 1 aliphatic heterocycles. The molecule has 1 atom stereocenters. The zero-order chi connectivity index (χ0) is 20.3. The van der Waals surface area contributed by atoms with Crippen molar-refractivity contribution < 1.29 is 9.59 Å². The number of amides is 2. The summed E-state index contributed by atoms with van der Waals surface area (Å²) in [5.41, 5.74) is 2.48. The van der Waals surface area contributed by atoms with Gasteiger partial charge in [-0.05, 0) is 48.7 Å². The van der Waals surface area contributed by atoms with E-state index < -0.39 is 6.04 Å². The lowest BCUT2D eigenvalue weighted by atomic mass is 10.1. The van der Waals surface area contributed by atoms with Gasteiger partial charge in [-0.2, -0.15) is 0 Å². The molecular weight excluding hydrogens is 397 g/mol. The zero-order valence-corrected chi connectivity index (χ0v) is 17.4. The highest BCUT2D eigenvalue weighted by molar-refractivity contribution is 6.35. The molecule has 5 nitrogen and oxygen atoms in total. The van der Waals surface area contributed by atoms with E-state index in [2.05, 4.69) is 5.32 Å². The summed E-state index contributed by atoms with van der Waals surface area (Å²) in [5.74, 6) is -0.370. The van der Waals surface area contributed by atoms with Gasteiger partial charge in [0.2, 0.25) is 5.91 Å². The minimum absolute atomic E-state index is 0.144. The number of anilines is 1. The van der Waals surface area contributed by atoms with Crippen LogP contribution in [0.1, 0.15) is 28.8 Å². The number of hydrogen-bond acceptors (Lipinski definition) is 3. The van der Waals surface area contributed by atoms with Crippen molar-refractivity contribution in [2.75, 3.05) is 25.5 Å². The fourth-order valence-corrected chi connectivity index (χ4v) is 3.90. The van der Waals surface area contributed by atoms with Gasteiger partial charge in [0.1, 0.15) is 6.04 Å². The first-order valence-electron chi connectivity index (χ1n) is 9.16. The van der Waals surface area contributed by atoms with Crippen molar-refractivity contribution in [2.45, 2.75) is 25.4 Å². The molecule has 1 aliphatic rings. The predicted octanol–water partition coefficient (Wildman–Crippen LogP) is 3.98. The van der Waals surface area contributed by atoms with Crippen LogP contribution in [-0.4, -0.2) is 43.4 Å². The van der Waals surface area contributed by atoms with E-state index in [1.165, 1.54) is 0 Å². The van der Waals surface area contributed by atoms with Crippen LogP contribution in [0.5, 0.6) is 0 Å². The fourth-order valence-electron chi connectivity index (χ4n) is 3.38. The molecule has 28 heavy (non-hydrogen) atoms. The number of halogens is 2. The third-order valence-corrected chi connectivity index (χ3v) is 5.26. The second-order valence-electron chi connectivity index (χ2n) is 7.10. The van der Waals surface area contributed by atoms with Crippen LogP contribution < -0.4 is 10.2 Å². The molecule has 1 saturated heterocycles. The average molecular weight is 420 g/mol. The van der Waals surface area contributed by atoms with Crippen molar-refractivity contribution in [3.8, 4) is 0 Å². The minimum Gasteiger partial charge on any atom is -0.378 e. The molecule has 1 fully saturated rings. The van der Waals surface area contributed by atoms with Crippen LogP contribution in [0.3, 0.4) is 0 Å². The Balaban J connectivity index is 1.67. The quantitative estimate of drug-likeness (QED) is 0.796. The Labute approximate surface area is 175 Å². The average Bonchev–Trinajstić information content (AvgIpc) is 3.14. The normalized spacial score (nSPS) is 16.1. The number of hydrogen-bond donors (Lipinski definition) is 1. The summed E-state index contributed by atoms with van der Waals surface area (Å²) in [6.45, 7) is 0.958. The van der Waals surface area contributed by atoms with Crippen LogP contribution in [0, 0.1) is 0 Å². The Morgan fingerprint density at radius 2 is 1.86 bits per heavy atom. The molecule has 0 bridgehead atoms. The molecule has 2 aromatic carbocycles. The molecule has 3 rings (SSSR count). The summed E-state index contributed by atoms with van der Waals surface area (Å²) in [6, 6.07) is 12.2. The summed E-state index contributed by atoms with van der Waals surface area (Å²) in [6.07, 6.45) is 1.43. The standard InChI is InChI=1S/C21H23Cl2N3O2/c1-25(2)18-6-3-5-14(9-18)13-24-20(27)19-7-4-8-26(19)21(28)15-10-16(22)12-17(23)11-15/h3,5-6,9-12,19H,4,7-8,13H2,1-2H3,(H,24,27). The molecular formula is C21H23Cl2N3O2. The smallest absolute Gasteiger partial charge is 0.254 e. The van der Waals surface area contributed by atoms with E-state index in [0.29, 0.717) is 35.1 Å². The van der Waals surface area contributed by atoms with Crippen LogP contribution in [0.2, 0.25) is 10.0 Å². The van der Waals surface area contributed by atoms with Crippen molar-refractivity contribution >= 4 is 40.7 Å². The van der Waals surface area contributed by atoms with Gasteiger partial charge in [-0.25, -0.2) is 0 Å². The van der Waals surface area contributed by atoms with Crippen LogP contribution in [0.25, 0.3) is 0 Å². The molecule has 1 N–H and O–H groups in total. The number of benzene rings is 2. The number of nitrogens with zero attached hydrogens (tertiary/aromatic N) is 2. The molecule has 1 heterocycles. The molecule has 0 spiro atoms. The lowest BCUT2D eigenvalue weighted by Crippen LogP contribution is -2.45. The van der Waals surface area contributed by atoms with Crippen molar-refractivity contribution in [3.63, 3.8) is 0 Å². The van der Waals surface area contributed by atoms with Crippen LogP contribution in [0.15, 0.2) is 42.5 Å². The summed E-state index contributed by atoms with van der Waals surface area (Å²) in [4.78, 5) is 29.3. The maximum Gasteiger partial charge on any atom is 0.254 e. The van der Waals surface area contributed by atoms with Crippen LogP contribution in [-0.2, 0) is 11.3 Å². The van der Waals surface area contributed by atoms with Crippen molar-refractivity contribution in [1.29, 1.82) is 0 Å². The van der Waals surface area contributed by atoms with E-state index in [4.69, 9.17) is 23.2 Å². The Morgan fingerprint density at radius 1 is 1.14 bits per heavy atom. The lowest BCUT2D eigenvalue weighted by Gasteiger charge is -2.24. The van der Waals surface area contributed by atoms with Crippen molar-refractivity contribution in [1.82, 2.24) is 10.2 Å². The number of carbonyl (C=O) groups excluding carboxylic acids is 2. The van der Waals surface area contributed by atoms with Gasteiger partial charge in [0.05, 0.1) is 0 Å². The SMILES string of the molecule is CN(C)c1cccc(CNC(=O)C2CCCN2C(=O)c2cc(Cl)cc(Cl)c2)c1. The van der Waals surface area contributed by atoms with Gasteiger partial charge in [0.25, 0.3) is 5.91 Å². The second-order valence-corrected chi connectivity index (χ2v) is 7.97. The van der Waals surface area contributed by atoms with E-state index in [1.807, 2.05) is 43.3 Å². The highest BCUT2D eigenvalue weighted by Gasteiger charge is 2.34. The highest BCUT2D eigenvalue weighted by Crippen LogP contribution is 2.24. The van der Waals surface area contributed by atoms with E-state index in [-0.39, 0.29) is 11.8 Å². The third kappa shape index (κ3) is 4.78. The molecule has 0 aromatic heterocycles. The first kappa shape index (κ1) is 20.5. The molecule has 7 heteroatoms. The molecule has 148 valence electrons. The fraction of sp³-hybridized carbons (Fsp3) is 0.333. The van der Waals surface area contributed by atoms with Gasteiger partial charge in [-0.15, -0.1) is 0 Å². The van der Waals surface area contributed by atoms with E-state index in [0.717, 1.165) is 17.7 Å². The maximum absolute atomic E-state index is 12.9. The molecule has 0 aliphatic carbocycles. The Kier molecular flexibility index (Phi) is 6.47. The monoisotopic (exact) mass is 419 g/mol. The van der Waals surface area contributed by atoms with Gasteiger partial charge < -0.3 is 15.1 Å². The third-order valence-electron chi connectivity index (χ3n) is 4.82. The minimum atomic E-state index is -0.484. The van der Waals surface area contributed by atoms with E-state index in [1.54, 1.807) is 23.1 Å². The Hall–Kier alpha value is -2.24. The lowest BCUT2D eigenvalue weighted by molar-refractivity contribution is -0.125. The van der Waals surface area contributed by atoms with Gasteiger partial charge in [0.15, 0.2) is 0 Å². The topological polar surface area (TPSA) is 52.7 Å². The Morgan fingerprint density at radius 3 is 2.54 bits per heavy atom. The van der Waals surface area contributed by atoms with Crippen molar-refractivity contribution in [3.05, 3.63) is 63.6 Å². The molecule has 2 aromatic rings.